The number of carbonyl (C=O) groups is 2. The summed E-state index contributed by atoms with van der Waals surface area (Å²) < 4.78 is 5.57. The van der Waals surface area contributed by atoms with Gasteiger partial charge in [0, 0.05) is 30.7 Å². The van der Waals surface area contributed by atoms with Crippen LogP contribution in [-0.4, -0.2) is 35.2 Å². The van der Waals surface area contributed by atoms with Crippen LogP contribution in [0.5, 0.6) is 0 Å². The summed E-state index contributed by atoms with van der Waals surface area (Å²) in [6.45, 7) is 11.0. The first-order valence-corrected chi connectivity index (χ1v) is 10.9. The highest BCUT2D eigenvalue weighted by molar-refractivity contribution is 5.96. The van der Waals surface area contributed by atoms with E-state index in [1.807, 2.05) is 45.9 Å². The molecule has 2 aromatic carbocycles. The van der Waals surface area contributed by atoms with Gasteiger partial charge in [-0.3, -0.25) is 4.90 Å². The van der Waals surface area contributed by atoms with E-state index in [2.05, 4.69) is 25.1 Å². The first-order valence-electron chi connectivity index (χ1n) is 10.9. The minimum Gasteiger partial charge on any atom is -0.444 e. The molecule has 0 spiro atoms. The molecule has 0 fully saturated rings. The lowest BCUT2D eigenvalue weighted by molar-refractivity contribution is 0.0224. The van der Waals surface area contributed by atoms with Crippen LogP contribution in [0, 0.1) is 0 Å². The second-order valence-electron chi connectivity index (χ2n) is 9.57. The molecule has 0 saturated heterocycles. The van der Waals surface area contributed by atoms with Crippen molar-refractivity contribution in [2.24, 2.45) is 5.73 Å². The van der Waals surface area contributed by atoms with Crippen molar-refractivity contribution in [3.8, 4) is 11.1 Å². The van der Waals surface area contributed by atoms with Crippen molar-refractivity contribution < 1.29 is 14.3 Å². The van der Waals surface area contributed by atoms with Gasteiger partial charge in [0.05, 0.1) is 0 Å². The average molecular weight is 422 g/mol. The second kappa shape index (κ2) is 7.59. The summed E-state index contributed by atoms with van der Waals surface area (Å²) in [6.07, 6.45) is 0.487. The van der Waals surface area contributed by atoms with E-state index in [1.54, 1.807) is 9.80 Å². The minimum atomic E-state index is -0.511. The van der Waals surface area contributed by atoms with E-state index >= 15 is 0 Å². The molecule has 164 valence electrons. The number of amides is 3. The molecule has 2 atom stereocenters. The van der Waals surface area contributed by atoms with E-state index < -0.39 is 11.6 Å². The predicted molar refractivity (Wildman–Crippen MR) is 122 cm³/mol. The number of urea groups is 1. The lowest BCUT2D eigenvalue weighted by atomic mass is 9.85. The molecule has 0 unspecified atom stereocenters. The normalized spacial score (nSPS) is 20.3. The number of benzene rings is 2. The van der Waals surface area contributed by atoms with E-state index in [1.165, 1.54) is 11.1 Å². The molecule has 4 rings (SSSR count). The van der Waals surface area contributed by atoms with Gasteiger partial charge in [-0.15, -0.1) is 0 Å². The molecule has 2 aromatic rings. The Morgan fingerprint density at radius 3 is 2.42 bits per heavy atom. The number of nitrogens with zero attached hydrogens (tertiary/aromatic N) is 2. The van der Waals surface area contributed by atoms with Gasteiger partial charge in [0.15, 0.2) is 0 Å². The number of anilines is 1. The fourth-order valence-electron chi connectivity index (χ4n) is 4.82. The summed E-state index contributed by atoms with van der Waals surface area (Å²) >= 11 is 0. The van der Waals surface area contributed by atoms with E-state index in [9.17, 15) is 9.59 Å². The van der Waals surface area contributed by atoms with Gasteiger partial charge >= 0.3 is 12.1 Å². The number of ether oxygens (including phenoxy) is 1. The maximum atomic E-state index is 12.6. The standard InChI is InChI=1S/C25H31N3O3/c1-15-16(2)28(23(26)29)21-11-7-10-20(22(15)21)19-9-6-8-17-14-27(13-12-18(17)19)24(30)31-25(3,4)5/h6-11,15-16H,12-14H2,1-5H3,(H2,26,29)/t15-,16+/m0/s1. The van der Waals surface area contributed by atoms with Crippen molar-refractivity contribution in [1.82, 2.24) is 4.90 Å². The average Bonchev–Trinajstić information content (AvgIpc) is 2.96. The number of fused-ring (bicyclic) bond motifs is 2. The highest BCUT2D eigenvalue weighted by atomic mass is 16.6. The molecular formula is C25H31N3O3. The van der Waals surface area contributed by atoms with E-state index in [0.717, 1.165) is 28.8 Å². The number of primary amides is 1. The quantitative estimate of drug-likeness (QED) is 0.701. The largest absolute Gasteiger partial charge is 0.444 e. The molecule has 2 N–H and O–H groups in total. The van der Waals surface area contributed by atoms with Crippen LogP contribution in [0.25, 0.3) is 11.1 Å². The molecule has 31 heavy (non-hydrogen) atoms. The second-order valence-corrected chi connectivity index (χ2v) is 9.57. The van der Waals surface area contributed by atoms with Crippen molar-refractivity contribution in [2.45, 2.75) is 65.1 Å². The number of carbonyl (C=O) groups excluding carboxylic acids is 2. The summed E-state index contributed by atoms with van der Waals surface area (Å²) in [5.41, 5.74) is 11.9. The third-order valence-electron chi connectivity index (χ3n) is 6.37. The van der Waals surface area contributed by atoms with Gasteiger partial charge in [-0.05, 0) is 68.0 Å². The summed E-state index contributed by atoms with van der Waals surface area (Å²) in [5.74, 6) is 0.177. The Hall–Kier alpha value is -3.02. The van der Waals surface area contributed by atoms with Gasteiger partial charge in [-0.25, -0.2) is 9.59 Å². The monoisotopic (exact) mass is 421 g/mol. The Kier molecular flexibility index (Phi) is 5.20. The highest BCUT2D eigenvalue weighted by Gasteiger charge is 2.38. The molecule has 0 aromatic heterocycles. The Morgan fingerprint density at radius 2 is 1.74 bits per heavy atom. The van der Waals surface area contributed by atoms with Gasteiger partial charge in [-0.2, -0.15) is 0 Å². The van der Waals surface area contributed by atoms with E-state index in [4.69, 9.17) is 10.5 Å². The van der Waals surface area contributed by atoms with Crippen molar-refractivity contribution in [2.75, 3.05) is 11.4 Å². The molecule has 6 heteroatoms. The maximum absolute atomic E-state index is 12.6. The summed E-state index contributed by atoms with van der Waals surface area (Å²) in [4.78, 5) is 28.1. The Balaban J connectivity index is 1.72. The van der Waals surface area contributed by atoms with Crippen molar-refractivity contribution in [1.29, 1.82) is 0 Å². The molecule has 0 aliphatic carbocycles. The number of nitrogens with two attached hydrogens (primary N) is 1. The fourth-order valence-corrected chi connectivity index (χ4v) is 4.82. The van der Waals surface area contributed by atoms with Crippen LogP contribution in [0.2, 0.25) is 0 Å². The fraction of sp³-hybridized carbons (Fsp3) is 0.440. The Morgan fingerprint density at radius 1 is 1.06 bits per heavy atom. The molecule has 2 aliphatic rings. The maximum Gasteiger partial charge on any atom is 0.410 e. The summed E-state index contributed by atoms with van der Waals surface area (Å²) in [7, 11) is 0. The molecule has 3 amide bonds. The molecule has 0 bridgehead atoms. The van der Waals surface area contributed by atoms with Gasteiger partial charge in [0.2, 0.25) is 0 Å². The van der Waals surface area contributed by atoms with E-state index in [0.29, 0.717) is 13.1 Å². The Bertz CT molecular complexity index is 1040. The lowest BCUT2D eigenvalue weighted by Crippen LogP contribution is -2.40. The van der Waals surface area contributed by atoms with Crippen LogP contribution in [0.4, 0.5) is 15.3 Å². The van der Waals surface area contributed by atoms with Crippen LogP contribution in [-0.2, 0) is 17.7 Å². The van der Waals surface area contributed by atoms with Crippen molar-refractivity contribution in [3.05, 3.63) is 53.1 Å². The lowest BCUT2D eigenvalue weighted by Gasteiger charge is -2.32. The molecule has 0 radical (unpaired) electrons. The number of hydrogen-bond donors (Lipinski definition) is 1. The zero-order chi connectivity index (χ0) is 22.5. The molecule has 6 nitrogen and oxygen atoms in total. The van der Waals surface area contributed by atoms with Crippen LogP contribution in [0.1, 0.15) is 57.2 Å². The van der Waals surface area contributed by atoms with Crippen LogP contribution >= 0.6 is 0 Å². The number of rotatable bonds is 1. The molecule has 0 saturated carbocycles. The highest BCUT2D eigenvalue weighted by Crippen LogP contribution is 2.46. The zero-order valence-corrected chi connectivity index (χ0v) is 18.9. The third-order valence-corrected chi connectivity index (χ3v) is 6.37. The topological polar surface area (TPSA) is 75.9 Å². The SMILES string of the molecule is C[C@@H]1c2c(-c3cccc4c3CCN(C(=O)OC(C)(C)C)C4)cccc2N(C(N)=O)[C@@H]1C. The Labute approximate surface area is 184 Å². The van der Waals surface area contributed by atoms with Gasteiger partial charge in [0.1, 0.15) is 5.60 Å². The number of hydrogen-bond acceptors (Lipinski definition) is 3. The molecule has 2 heterocycles. The van der Waals surface area contributed by atoms with Gasteiger partial charge in [0.25, 0.3) is 0 Å². The first kappa shape index (κ1) is 21.2. The van der Waals surface area contributed by atoms with Gasteiger partial charge < -0.3 is 15.4 Å². The van der Waals surface area contributed by atoms with Crippen LogP contribution in [0.3, 0.4) is 0 Å². The van der Waals surface area contributed by atoms with Crippen LogP contribution in [0.15, 0.2) is 36.4 Å². The molecular weight excluding hydrogens is 390 g/mol. The van der Waals surface area contributed by atoms with Crippen molar-refractivity contribution >= 4 is 17.8 Å². The van der Waals surface area contributed by atoms with Crippen LogP contribution < -0.4 is 10.6 Å². The first-order chi connectivity index (χ1) is 14.6. The van der Waals surface area contributed by atoms with E-state index in [-0.39, 0.29) is 18.1 Å². The smallest absolute Gasteiger partial charge is 0.410 e. The zero-order valence-electron chi connectivity index (χ0n) is 18.9. The summed E-state index contributed by atoms with van der Waals surface area (Å²) in [5, 5.41) is 0. The van der Waals surface area contributed by atoms with Crippen molar-refractivity contribution in [3.63, 3.8) is 0 Å². The third kappa shape index (κ3) is 3.75. The molecule has 2 aliphatic heterocycles. The minimum absolute atomic E-state index is 0.0100. The predicted octanol–water partition coefficient (Wildman–Crippen LogP) is 5.04. The summed E-state index contributed by atoms with van der Waals surface area (Å²) in [6, 6.07) is 12.0. The van der Waals surface area contributed by atoms with Gasteiger partial charge in [-0.1, -0.05) is 37.3 Å².